The van der Waals surface area contributed by atoms with Crippen molar-refractivity contribution in [1.82, 2.24) is 10.2 Å². The predicted octanol–water partition coefficient (Wildman–Crippen LogP) is 1.81. The Morgan fingerprint density at radius 3 is 2.56 bits per heavy atom. The minimum absolute atomic E-state index is 0.171. The summed E-state index contributed by atoms with van der Waals surface area (Å²) in [5.74, 6) is -0.100. The molecule has 1 rings (SSSR count). The number of aliphatic carboxylic acids is 1. The predicted molar refractivity (Wildman–Crippen MR) is 73.7 cm³/mol. The van der Waals surface area contributed by atoms with Gasteiger partial charge in [-0.05, 0) is 17.8 Å². The molecule has 2 N–H and O–H groups in total. The largest absolute Gasteiger partial charge is 0.480 e. The topological polar surface area (TPSA) is 52.6 Å². The molecule has 0 aromatic heterocycles. The van der Waals surface area contributed by atoms with Crippen molar-refractivity contribution in [2.45, 2.75) is 46.6 Å². The minimum atomic E-state index is -0.721. The number of piperidine rings is 1. The molecule has 0 aromatic rings. The molecule has 18 heavy (non-hydrogen) atoms. The van der Waals surface area contributed by atoms with E-state index < -0.39 is 5.97 Å². The van der Waals surface area contributed by atoms with E-state index in [1.54, 1.807) is 0 Å². The van der Waals surface area contributed by atoms with Gasteiger partial charge >= 0.3 is 5.97 Å². The van der Waals surface area contributed by atoms with Gasteiger partial charge in [-0.1, -0.05) is 34.1 Å². The molecule has 1 aliphatic heterocycles. The van der Waals surface area contributed by atoms with Crippen molar-refractivity contribution in [2.24, 2.45) is 11.3 Å². The summed E-state index contributed by atoms with van der Waals surface area (Å²) in [7, 11) is 0. The van der Waals surface area contributed by atoms with Crippen LogP contribution in [0.15, 0.2) is 0 Å². The molecule has 4 nitrogen and oxygen atoms in total. The summed E-state index contributed by atoms with van der Waals surface area (Å²) in [4.78, 5) is 12.9. The van der Waals surface area contributed by atoms with E-state index in [1.165, 1.54) is 6.42 Å². The molecule has 2 unspecified atom stereocenters. The van der Waals surface area contributed by atoms with Crippen molar-refractivity contribution >= 4 is 5.97 Å². The highest BCUT2D eigenvalue weighted by Gasteiger charge is 2.27. The third-order valence-corrected chi connectivity index (χ3v) is 3.47. The molecule has 1 fully saturated rings. The van der Waals surface area contributed by atoms with Crippen LogP contribution in [-0.4, -0.2) is 48.2 Å². The lowest BCUT2D eigenvalue weighted by Gasteiger charge is -2.38. The van der Waals surface area contributed by atoms with E-state index in [1.807, 2.05) is 0 Å². The molecule has 0 saturated carbocycles. The Morgan fingerprint density at radius 1 is 1.39 bits per heavy atom. The highest BCUT2D eigenvalue weighted by atomic mass is 16.4. The number of hydrogen-bond donors (Lipinski definition) is 2. The Hall–Kier alpha value is -0.610. The van der Waals surface area contributed by atoms with Crippen LogP contribution >= 0.6 is 0 Å². The van der Waals surface area contributed by atoms with E-state index in [0.717, 1.165) is 26.1 Å². The first-order valence-electron chi connectivity index (χ1n) is 6.97. The monoisotopic (exact) mass is 256 g/mol. The average Bonchev–Trinajstić information content (AvgIpc) is 2.24. The zero-order chi connectivity index (χ0) is 13.8. The molecule has 0 spiro atoms. The molecule has 1 saturated heterocycles. The van der Waals surface area contributed by atoms with Crippen LogP contribution in [0.1, 0.15) is 40.5 Å². The Kier molecular flexibility index (Phi) is 5.60. The summed E-state index contributed by atoms with van der Waals surface area (Å²) < 4.78 is 0. The van der Waals surface area contributed by atoms with Crippen molar-refractivity contribution in [2.75, 3.05) is 26.2 Å². The Balaban J connectivity index is 2.48. The third-order valence-electron chi connectivity index (χ3n) is 3.47. The first-order chi connectivity index (χ1) is 8.30. The molecule has 1 aliphatic rings. The standard InChI is InChI=1S/C14H28N2O2/c1-5-11-6-12(15-10-14(2,3)4)8-16(7-11)9-13(17)18/h11-12,15H,5-10H2,1-4H3,(H,17,18). The molecule has 106 valence electrons. The van der Waals surface area contributed by atoms with Crippen molar-refractivity contribution in [3.05, 3.63) is 0 Å². The van der Waals surface area contributed by atoms with E-state index in [9.17, 15) is 4.79 Å². The fraction of sp³-hybridized carbons (Fsp3) is 0.929. The van der Waals surface area contributed by atoms with Crippen molar-refractivity contribution in [1.29, 1.82) is 0 Å². The van der Waals surface area contributed by atoms with E-state index in [2.05, 4.69) is 37.9 Å². The number of carboxylic acid groups (broad SMARTS) is 1. The molecule has 0 bridgehead atoms. The van der Waals surface area contributed by atoms with Crippen LogP contribution in [0.5, 0.6) is 0 Å². The Morgan fingerprint density at radius 2 is 2.06 bits per heavy atom. The van der Waals surface area contributed by atoms with E-state index >= 15 is 0 Å². The van der Waals surface area contributed by atoms with Gasteiger partial charge in [0.1, 0.15) is 0 Å². The van der Waals surface area contributed by atoms with Crippen LogP contribution in [0.3, 0.4) is 0 Å². The zero-order valence-electron chi connectivity index (χ0n) is 12.2. The summed E-state index contributed by atoms with van der Waals surface area (Å²) in [5, 5.41) is 12.5. The maximum Gasteiger partial charge on any atom is 0.317 e. The van der Waals surface area contributed by atoms with Gasteiger partial charge in [0, 0.05) is 25.7 Å². The summed E-state index contributed by atoms with van der Waals surface area (Å²) in [6.07, 6.45) is 2.30. The number of nitrogens with one attached hydrogen (secondary N) is 1. The average molecular weight is 256 g/mol. The van der Waals surface area contributed by atoms with Gasteiger partial charge in [0.05, 0.1) is 6.54 Å². The zero-order valence-corrected chi connectivity index (χ0v) is 12.2. The van der Waals surface area contributed by atoms with Gasteiger partial charge < -0.3 is 10.4 Å². The molecule has 0 aliphatic carbocycles. The molecule has 2 atom stereocenters. The molecule has 4 heteroatoms. The normalized spacial score (nSPS) is 26.2. The van der Waals surface area contributed by atoms with Gasteiger partial charge in [-0.25, -0.2) is 0 Å². The van der Waals surface area contributed by atoms with Gasteiger partial charge in [0.25, 0.3) is 0 Å². The SMILES string of the molecule is CCC1CC(NCC(C)(C)C)CN(CC(=O)O)C1. The smallest absolute Gasteiger partial charge is 0.317 e. The van der Waals surface area contributed by atoms with Crippen LogP contribution in [0.4, 0.5) is 0 Å². The van der Waals surface area contributed by atoms with Gasteiger partial charge in [-0.15, -0.1) is 0 Å². The highest BCUT2D eigenvalue weighted by molar-refractivity contribution is 5.69. The van der Waals surface area contributed by atoms with E-state index in [-0.39, 0.29) is 12.0 Å². The van der Waals surface area contributed by atoms with E-state index in [0.29, 0.717) is 12.0 Å². The maximum absolute atomic E-state index is 10.8. The lowest BCUT2D eigenvalue weighted by Crippen LogP contribution is -2.51. The Bertz CT molecular complexity index is 273. The summed E-state index contributed by atoms with van der Waals surface area (Å²) in [6.45, 7) is 11.8. The van der Waals surface area contributed by atoms with Crippen molar-refractivity contribution < 1.29 is 9.90 Å². The molecule has 1 heterocycles. The summed E-state index contributed by atoms with van der Waals surface area (Å²) in [6, 6.07) is 0.433. The van der Waals surface area contributed by atoms with E-state index in [4.69, 9.17) is 5.11 Å². The summed E-state index contributed by atoms with van der Waals surface area (Å²) >= 11 is 0. The second-order valence-electron chi connectivity index (χ2n) is 6.74. The summed E-state index contributed by atoms with van der Waals surface area (Å²) in [5.41, 5.74) is 0.275. The van der Waals surface area contributed by atoms with Crippen molar-refractivity contribution in [3.63, 3.8) is 0 Å². The first-order valence-corrected chi connectivity index (χ1v) is 6.97. The van der Waals surface area contributed by atoms with Gasteiger partial charge in [0.2, 0.25) is 0 Å². The van der Waals surface area contributed by atoms with Crippen LogP contribution in [0.2, 0.25) is 0 Å². The van der Waals surface area contributed by atoms with Crippen LogP contribution in [0, 0.1) is 11.3 Å². The second-order valence-corrected chi connectivity index (χ2v) is 6.74. The quantitative estimate of drug-likeness (QED) is 0.787. The van der Waals surface area contributed by atoms with Gasteiger partial charge in [0.15, 0.2) is 0 Å². The maximum atomic E-state index is 10.8. The number of carboxylic acids is 1. The molecule has 0 amide bonds. The second kappa shape index (κ2) is 6.53. The molecule has 0 aromatic carbocycles. The third kappa shape index (κ3) is 5.83. The fourth-order valence-electron chi connectivity index (χ4n) is 2.52. The number of likely N-dealkylation sites (tertiary alicyclic amines) is 1. The molecular weight excluding hydrogens is 228 g/mol. The number of nitrogens with zero attached hydrogens (tertiary/aromatic N) is 1. The molecule has 0 radical (unpaired) electrons. The first kappa shape index (κ1) is 15.4. The van der Waals surface area contributed by atoms with Crippen molar-refractivity contribution in [3.8, 4) is 0 Å². The van der Waals surface area contributed by atoms with Crippen LogP contribution < -0.4 is 5.32 Å². The highest BCUT2D eigenvalue weighted by Crippen LogP contribution is 2.20. The molecular formula is C14H28N2O2. The number of rotatable bonds is 5. The lowest BCUT2D eigenvalue weighted by molar-refractivity contribution is -0.138. The lowest BCUT2D eigenvalue weighted by atomic mass is 9.90. The minimum Gasteiger partial charge on any atom is -0.480 e. The van der Waals surface area contributed by atoms with Crippen LogP contribution in [0.25, 0.3) is 0 Å². The van der Waals surface area contributed by atoms with Gasteiger partial charge in [-0.3, -0.25) is 9.69 Å². The fourth-order valence-corrected chi connectivity index (χ4v) is 2.52. The van der Waals surface area contributed by atoms with Crippen LogP contribution in [-0.2, 0) is 4.79 Å². The van der Waals surface area contributed by atoms with Gasteiger partial charge in [-0.2, -0.15) is 0 Å². The number of hydrogen-bond acceptors (Lipinski definition) is 3. The number of carbonyl (C=O) groups is 1. The Labute approximate surface area is 111 Å².